The fourth-order valence-electron chi connectivity index (χ4n) is 3.65. The highest BCUT2D eigenvalue weighted by molar-refractivity contribution is 5.93. The number of halogens is 1. The standard InChI is InChI=1S/C22H28N2O.BrO3/c1-2-22(25)24(20-11-7-4-8-12-20)21-14-17-23(18-15-21)16-13-19-9-5-3-6-10-19;2-1(3)4/h3-12,21H,2,13-18H2,1H3;/q;-1. The largest absolute Gasteiger partial charge is 0.405 e. The third-order valence-electron chi connectivity index (χ3n) is 5.09. The first kappa shape index (κ1) is 23.5. The van der Waals surface area contributed by atoms with Crippen LogP contribution in [0.1, 0.15) is 31.7 Å². The second-order valence-electron chi connectivity index (χ2n) is 6.95. The summed E-state index contributed by atoms with van der Waals surface area (Å²) in [6, 6.07) is 21.1. The van der Waals surface area contributed by atoms with Gasteiger partial charge in [0.25, 0.3) is 0 Å². The van der Waals surface area contributed by atoms with Crippen molar-refractivity contribution in [2.75, 3.05) is 24.5 Å². The fourth-order valence-corrected chi connectivity index (χ4v) is 3.65. The molecule has 1 amide bonds. The molecular formula is C22H28BrN2O4-. The van der Waals surface area contributed by atoms with Crippen LogP contribution in [0.15, 0.2) is 60.7 Å². The van der Waals surface area contributed by atoms with E-state index in [1.807, 2.05) is 30.0 Å². The number of piperidine rings is 1. The lowest BCUT2D eigenvalue weighted by Crippen LogP contribution is -2.47. The third-order valence-corrected chi connectivity index (χ3v) is 5.09. The van der Waals surface area contributed by atoms with Crippen molar-refractivity contribution in [3.05, 3.63) is 66.2 Å². The van der Waals surface area contributed by atoms with Crippen LogP contribution in [0, 0.1) is 14.8 Å². The van der Waals surface area contributed by atoms with Crippen molar-refractivity contribution in [2.45, 2.75) is 38.6 Å². The predicted molar refractivity (Wildman–Crippen MR) is 104 cm³/mol. The van der Waals surface area contributed by atoms with E-state index in [1.54, 1.807) is 0 Å². The predicted octanol–water partition coefficient (Wildman–Crippen LogP) is 0.570. The van der Waals surface area contributed by atoms with Crippen molar-refractivity contribution in [3.8, 4) is 0 Å². The summed E-state index contributed by atoms with van der Waals surface area (Å²) in [5, 5.41) is 0. The highest BCUT2D eigenvalue weighted by atomic mass is 80.0. The topological polar surface area (TPSA) is 92.7 Å². The average molecular weight is 464 g/mol. The van der Waals surface area contributed by atoms with E-state index in [0.29, 0.717) is 12.5 Å². The number of anilines is 1. The van der Waals surface area contributed by atoms with Crippen molar-refractivity contribution in [1.29, 1.82) is 0 Å². The molecule has 1 saturated heterocycles. The van der Waals surface area contributed by atoms with E-state index < -0.39 is 14.8 Å². The SMILES string of the molecule is CCC(=O)N(c1ccccc1)C1CCN(CCc2ccccc2)CC1.[O-][Br+2]([O-])[O-]. The molecule has 7 heteroatoms. The number of likely N-dealkylation sites (tertiary alicyclic amines) is 1. The maximum Gasteiger partial charge on any atom is 0.226 e. The monoisotopic (exact) mass is 463 g/mol. The Bertz CT molecular complexity index is 705. The molecule has 1 aliphatic heterocycles. The Balaban J connectivity index is 0.000000687. The molecule has 0 aromatic heterocycles. The number of nitrogens with zero attached hydrogens (tertiary/aromatic N) is 2. The van der Waals surface area contributed by atoms with E-state index in [1.165, 1.54) is 5.56 Å². The van der Waals surface area contributed by atoms with E-state index in [9.17, 15) is 4.79 Å². The van der Waals surface area contributed by atoms with E-state index in [2.05, 4.69) is 47.4 Å². The van der Waals surface area contributed by atoms with Gasteiger partial charge in [-0.2, -0.15) is 0 Å². The first-order valence-corrected chi connectivity index (χ1v) is 11.8. The lowest BCUT2D eigenvalue weighted by Gasteiger charge is -2.38. The quantitative estimate of drug-likeness (QED) is 0.624. The Labute approximate surface area is 178 Å². The van der Waals surface area contributed by atoms with Gasteiger partial charge >= 0.3 is 0 Å². The van der Waals surface area contributed by atoms with Crippen LogP contribution in [-0.2, 0) is 11.2 Å². The number of hydrogen-bond acceptors (Lipinski definition) is 5. The minimum absolute atomic E-state index is 0.230. The molecule has 158 valence electrons. The van der Waals surface area contributed by atoms with Gasteiger partial charge in [0.1, 0.15) is 0 Å². The van der Waals surface area contributed by atoms with Crippen LogP contribution in [0.25, 0.3) is 0 Å². The molecule has 0 N–H and O–H groups in total. The Hall–Kier alpha value is -1.77. The second kappa shape index (κ2) is 12.7. The van der Waals surface area contributed by atoms with Gasteiger partial charge in [0.05, 0.1) is 0 Å². The van der Waals surface area contributed by atoms with Gasteiger partial charge in [-0.3, -0.25) is 4.79 Å². The van der Waals surface area contributed by atoms with Crippen molar-refractivity contribution in [3.63, 3.8) is 0 Å². The molecule has 3 rings (SSSR count). The summed E-state index contributed by atoms with van der Waals surface area (Å²) in [5.41, 5.74) is 2.44. The number of carbonyl (C=O) groups excluding carboxylic acids is 1. The van der Waals surface area contributed by atoms with Gasteiger partial charge in [-0.15, -0.1) is 0 Å². The summed E-state index contributed by atoms with van der Waals surface area (Å²) in [6.07, 6.45) is 3.76. The van der Waals surface area contributed by atoms with Crippen LogP contribution in [-0.4, -0.2) is 36.5 Å². The van der Waals surface area contributed by atoms with Gasteiger partial charge in [0.2, 0.25) is 20.7 Å². The minimum atomic E-state index is -3.65. The smallest absolute Gasteiger partial charge is 0.226 e. The van der Waals surface area contributed by atoms with Gasteiger partial charge < -0.3 is 22.4 Å². The first-order chi connectivity index (χ1) is 14.0. The number of para-hydroxylation sites is 1. The molecule has 0 spiro atoms. The van der Waals surface area contributed by atoms with Crippen LogP contribution < -0.4 is 17.5 Å². The molecule has 0 atom stereocenters. The molecule has 1 heterocycles. The Morgan fingerprint density at radius 3 is 2.03 bits per heavy atom. The zero-order valence-corrected chi connectivity index (χ0v) is 18.3. The molecule has 0 saturated carbocycles. The van der Waals surface area contributed by atoms with E-state index in [0.717, 1.165) is 44.6 Å². The second-order valence-corrected chi connectivity index (χ2v) is 7.74. The van der Waals surface area contributed by atoms with E-state index >= 15 is 0 Å². The highest BCUT2D eigenvalue weighted by Crippen LogP contribution is 2.24. The molecule has 1 fully saturated rings. The van der Waals surface area contributed by atoms with Crippen LogP contribution >= 0.6 is 0 Å². The number of hydrogen-bond donors (Lipinski definition) is 0. The average Bonchev–Trinajstić information content (AvgIpc) is 2.74. The molecular weight excluding hydrogens is 436 g/mol. The number of benzene rings is 2. The summed E-state index contributed by atoms with van der Waals surface area (Å²) >= 11 is -3.65. The van der Waals surface area contributed by atoms with Gasteiger partial charge in [-0.1, -0.05) is 55.5 Å². The van der Waals surface area contributed by atoms with Crippen LogP contribution in [0.4, 0.5) is 5.69 Å². The lowest BCUT2D eigenvalue weighted by atomic mass is 10.0. The molecule has 0 unspecified atom stereocenters. The van der Waals surface area contributed by atoms with E-state index in [4.69, 9.17) is 12.6 Å². The summed E-state index contributed by atoms with van der Waals surface area (Å²) in [6.45, 7) is 5.19. The first-order valence-electron chi connectivity index (χ1n) is 9.87. The molecule has 1 aliphatic rings. The molecule has 2 aromatic carbocycles. The fraction of sp³-hybridized carbons (Fsp3) is 0.409. The molecule has 0 radical (unpaired) electrons. The van der Waals surface area contributed by atoms with Gasteiger partial charge in [-0.05, 0) is 37.0 Å². The van der Waals surface area contributed by atoms with Gasteiger partial charge in [-0.25, -0.2) is 0 Å². The maximum atomic E-state index is 12.5. The van der Waals surface area contributed by atoms with Crippen LogP contribution in [0.5, 0.6) is 0 Å². The van der Waals surface area contributed by atoms with Crippen molar-refractivity contribution in [1.82, 2.24) is 4.90 Å². The summed E-state index contributed by atoms with van der Waals surface area (Å²) in [4.78, 5) is 17.1. The Morgan fingerprint density at radius 2 is 1.52 bits per heavy atom. The summed E-state index contributed by atoms with van der Waals surface area (Å²) < 4.78 is 25.6. The Kier molecular flexibility index (Phi) is 10.3. The van der Waals surface area contributed by atoms with Gasteiger partial charge in [0, 0.05) is 37.8 Å². The number of rotatable bonds is 6. The van der Waals surface area contributed by atoms with E-state index in [-0.39, 0.29) is 5.91 Å². The van der Waals surface area contributed by atoms with Crippen LogP contribution in [0.2, 0.25) is 0 Å². The lowest BCUT2D eigenvalue weighted by molar-refractivity contribution is -1.73. The summed E-state index contributed by atoms with van der Waals surface area (Å²) in [5.74, 6) is 0.230. The molecule has 2 aromatic rings. The summed E-state index contributed by atoms with van der Waals surface area (Å²) in [7, 11) is 0. The highest BCUT2D eigenvalue weighted by Gasteiger charge is 2.28. The normalized spacial score (nSPS) is 14.9. The maximum absolute atomic E-state index is 12.5. The number of carbonyl (C=O) groups is 1. The minimum Gasteiger partial charge on any atom is -0.405 e. The molecule has 0 aliphatic carbocycles. The zero-order chi connectivity index (χ0) is 21.1. The van der Waals surface area contributed by atoms with Crippen molar-refractivity contribution >= 4 is 11.6 Å². The van der Waals surface area contributed by atoms with Crippen molar-refractivity contribution < 1.29 is 32.2 Å². The van der Waals surface area contributed by atoms with Gasteiger partial charge in [0.15, 0.2) is 0 Å². The Morgan fingerprint density at radius 1 is 1.00 bits per heavy atom. The van der Waals surface area contributed by atoms with Crippen LogP contribution in [0.3, 0.4) is 0 Å². The molecule has 29 heavy (non-hydrogen) atoms. The molecule has 0 bridgehead atoms. The number of amides is 1. The molecule has 6 nitrogen and oxygen atoms in total. The third kappa shape index (κ3) is 8.24. The zero-order valence-electron chi connectivity index (χ0n) is 16.7. The van der Waals surface area contributed by atoms with Crippen molar-refractivity contribution in [2.24, 2.45) is 0 Å².